The summed E-state index contributed by atoms with van der Waals surface area (Å²) in [6.45, 7) is 1.55. The minimum atomic E-state index is -0.351. The second-order valence-electron chi connectivity index (χ2n) is 7.55. The topological polar surface area (TPSA) is 103 Å². The monoisotopic (exact) mass is 396 g/mol. The number of carbonyl (C=O) groups is 3. The van der Waals surface area contributed by atoms with Crippen molar-refractivity contribution in [3.05, 3.63) is 42.5 Å². The van der Waals surface area contributed by atoms with Crippen molar-refractivity contribution < 1.29 is 14.4 Å². The van der Waals surface area contributed by atoms with Crippen LogP contribution in [0.25, 0.3) is 0 Å². The van der Waals surface area contributed by atoms with E-state index in [1.807, 2.05) is 0 Å². The second-order valence-corrected chi connectivity index (χ2v) is 7.55. The number of hydrogen-bond acceptors (Lipinski definition) is 5. The maximum atomic E-state index is 13.0. The summed E-state index contributed by atoms with van der Waals surface area (Å²) in [5.41, 5.74) is 1.13. The number of piperidine rings is 1. The smallest absolute Gasteiger partial charge is 0.272 e. The van der Waals surface area contributed by atoms with Crippen molar-refractivity contribution in [2.75, 3.05) is 31.6 Å². The Labute approximate surface area is 168 Å². The normalized spacial score (nSPS) is 20.2. The van der Waals surface area contributed by atoms with Crippen molar-refractivity contribution in [2.45, 2.75) is 25.3 Å². The Morgan fingerprint density at radius 2 is 2.03 bits per heavy atom. The van der Waals surface area contributed by atoms with Gasteiger partial charge in [-0.1, -0.05) is 6.07 Å². The third kappa shape index (κ3) is 3.85. The van der Waals surface area contributed by atoms with Gasteiger partial charge in [-0.3, -0.25) is 24.5 Å². The standard InChI is InChI=1S/C20H24N6O3/c1-24(19(28)14-10-18(27)26(13-14)16-11-22-23-12-16)15-5-8-25(9-6-15)20(29)17-4-2-3-7-21-17/h2-4,7,11-12,14-15H,5-6,8-10,13H2,1H3,(H,22,23). The molecule has 1 unspecified atom stereocenters. The van der Waals surface area contributed by atoms with Gasteiger partial charge < -0.3 is 14.7 Å². The van der Waals surface area contributed by atoms with Crippen LogP contribution >= 0.6 is 0 Å². The van der Waals surface area contributed by atoms with Gasteiger partial charge in [-0.2, -0.15) is 5.10 Å². The van der Waals surface area contributed by atoms with Gasteiger partial charge in [-0.15, -0.1) is 0 Å². The highest BCUT2D eigenvalue weighted by Gasteiger charge is 2.39. The van der Waals surface area contributed by atoms with Gasteiger partial charge in [0.05, 0.1) is 17.8 Å². The average molecular weight is 396 g/mol. The lowest BCUT2D eigenvalue weighted by molar-refractivity contribution is -0.137. The van der Waals surface area contributed by atoms with E-state index in [4.69, 9.17) is 0 Å². The molecule has 2 fully saturated rings. The van der Waals surface area contributed by atoms with Crippen molar-refractivity contribution in [3.8, 4) is 0 Å². The zero-order valence-electron chi connectivity index (χ0n) is 16.3. The maximum Gasteiger partial charge on any atom is 0.272 e. The summed E-state index contributed by atoms with van der Waals surface area (Å²) in [7, 11) is 1.80. The van der Waals surface area contributed by atoms with Crippen LogP contribution in [0.5, 0.6) is 0 Å². The fourth-order valence-electron chi connectivity index (χ4n) is 4.09. The van der Waals surface area contributed by atoms with Crippen LogP contribution in [0.2, 0.25) is 0 Å². The minimum Gasteiger partial charge on any atom is -0.342 e. The van der Waals surface area contributed by atoms with E-state index in [-0.39, 0.29) is 36.1 Å². The highest BCUT2D eigenvalue weighted by molar-refractivity contribution is 6.00. The van der Waals surface area contributed by atoms with E-state index in [2.05, 4.69) is 15.2 Å². The quantitative estimate of drug-likeness (QED) is 0.828. The van der Waals surface area contributed by atoms with Gasteiger partial charge in [0.15, 0.2) is 0 Å². The molecule has 9 heteroatoms. The molecule has 1 N–H and O–H groups in total. The number of amides is 3. The van der Waals surface area contributed by atoms with E-state index in [1.165, 1.54) is 0 Å². The molecular formula is C20H24N6O3. The zero-order chi connectivity index (χ0) is 20.4. The number of aromatic amines is 1. The Kier molecular flexibility index (Phi) is 5.28. The van der Waals surface area contributed by atoms with E-state index in [9.17, 15) is 14.4 Å². The lowest BCUT2D eigenvalue weighted by atomic mass is 10.00. The van der Waals surface area contributed by atoms with Crippen molar-refractivity contribution >= 4 is 23.4 Å². The zero-order valence-corrected chi connectivity index (χ0v) is 16.3. The number of likely N-dealkylation sites (tertiary alicyclic amines) is 1. The van der Waals surface area contributed by atoms with Crippen LogP contribution < -0.4 is 4.90 Å². The molecule has 2 aromatic rings. The van der Waals surface area contributed by atoms with Gasteiger partial charge in [-0.25, -0.2) is 0 Å². The number of carbonyl (C=O) groups excluding carboxylic acids is 3. The number of H-pyrrole nitrogens is 1. The predicted octanol–water partition coefficient (Wildman–Crippen LogP) is 0.921. The molecule has 4 heterocycles. The first kappa shape index (κ1) is 19.1. The number of aromatic nitrogens is 3. The molecule has 0 aromatic carbocycles. The molecule has 0 bridgehead atoms. The third-order valence-corrected chi connectivity index (χ3v) is 5.80. The molecule has 0 saturated carbocycles. The van der Waals surface area contributed by atoms with Gasteiger partial charge in [0, 0.05) is 51.5 Å². The Bertz CT molecular complexity index is 877. The molecule has 1 atom stereocenters. The van der Waals surface area contributed by atoms with Gasteiger partial charge >= 0.3 is 0 Å². The van der Waals surface area contributed by atoms with Crippen LogP contribution in [-0.4, -0.2) is 75.4 Å². The van der Waals surface area contributed by atoms with Gasteiger partial charge in [0.25, 0.3) is 5.91 Å². The van der Waals surface area contributed by atoms with E-state index in [0.29, 0.717) is 43.9 Å². The first-order chi connectivity index (χ1) is 14.0. The molecule has 152 valence electrons. The SMILES string of the molecule is CN(C(=O)C1CC(=O)N(c2cn[nH]c2)C1)C1CCN(C(=O)c2ccccn2)CC1. The average Bonchev–Trinajstić information content (AvgIpc) is 3.42. The van der Waals surface area contributed by atoms with Crippen LogP contribution in [0.1, 0.15) is 29.8 Å². The first-order valence-electron chi connectivity index (χ1n) is 9.80. The number of nitrogens with zero attached hydrogens (tertiary/aromatic N) is 5. The third-order valence-electron chi connectivity index (χ3n) is 5.80. The van der Waals surface area contributed by atoms with E-state index in [1.54, 1.807) is 58.5 Å². The van der Waals surface area contributed by atoms with E-state index >= 15 is 0 Å². The maximum absolute atomic E-state index is 13.0. The molecule has 2 aliphatic heterocycles. The van der Waals surface area contributed by atoms with Crippen molar-refractivity contribution in [2.24, 2.45) is 5.92 Å². The second kappa shape index (κ2) is 8.02. The number of anilines is 1. The number of nitrogens with one attached hydrogen (secondary N) is 1. The van der Waals surface area contributed by atoms with Crippen LogP contribution in [-0.2, 0) is 9.59 Å². The summed E-state index contributed by atoms with van der Waals surface area (Å²) < 4.78 is 0. The molecule has 9 nitrogen and oxygen atoms in total. The Morgan fingerprint density at radius 3 is 2.69 bits per heavy atom. The lowest BCUT2D eigenvalue weighted by Gasteiger charge is -2.37. The fourth-order valence-corrected chi connectivity index (χ4v) is 4.09. The van der Waals surface area contributed by atoms with Crippen LogP contribution in [0.4, 0.5) is 5.69 Å². The van der Waals surface area contributed by atoms with Gasteiger partial charge in [0.2, 0.25) is 11.8 Å². The molecule has 4 rings (SSSR count). The number of rotatable bonds is 4. The predicted molar refractivity (Wildman–Crippen MR) is 105 cm³/mol. The molecule has 3 amide bonds. The highest BCUT2D eigenvalue weighted by Crippen LogP contribution is 2.27. The summed E-state index contributed by atoms with van der Waals surface area (Å²) in [5.74, 6) is -0.501. The van der Waals surface area contributed by atoms with Crippen molar-refractivity contribution in [3.63, 3.8) is 0 Å². The summed E-state index contributed by atoms with van der Waals surface area (Å²) in [6.07, 6.45) is 6.50. The molecule has 29 heavy (non-hydrogen) atoms. The largest absolute Gasteiger partial charge is 0.342 e. The summed E-state index contributed by atoms with van der Waals surface area (Å²) in [4.78, 5) is 47.1. The Morgan fingerprint density at radius 1 is 1.24 bits per heavy atom. The molecule has 2 saturated heterocycles. The van der Waals surface area contributed by atoms with Crippen LogP contribution in [0.15, 0.2) is 36.8 Å². The fraction of sp³-hybridized carbons (Fsp3) is 0.450. The molecule has 2 aliphatic rings. The minimum absolute atomic E-state index is 0.0150. The summed E-state index contributed by atoms with van der Waals surface area (Å²) >= 11 is 0. The molecule has 2 aromatic heterocycles. The van der Waals surface area contributed by atoms with Crippen LogP contribution in [0.3, 0.4) is 0 Å². The summed E-state index contributed by atoms with van der Waals surface area (Å²) in [5, 5.41) is 6.57. The van der Waals surface area contributed by atoms with Crippen LogP contribution in [0, 0.1) is 5.92 Å². The van der Waals surface area contributed by atoms with E-state index < -0.39 is 0 Å². The van der Waals surface area contributed by atoms with Gasteiger partial charge in [-0.05, 0) is 25.0 Å². The molecular weight excluding hydrogens is 372 g/mol. The van der Waals surface area contributed by atoms with E-state index in [0.717, 1.165) is 0 Å². The van der Waals surface area contributed by atoms with Gasteiger partial charge in [0.1, 0.15) is 5.69 Å². The Balaban J connectivity index is 1.32. The number of hydrogen-bond donors (Lipinski definition) is 1. The molecule has 0 spiro atoms. The molecule has 0 radical (unpaired) electrons. The lowest BCUT2D eigenvalue weighted by Crippen LogP contribution is -2.49. The van der Waals surface area contributed by atoms with Crippen molar-refractivity contribution in [1.29, 1.82) is 0 Å². The summed E-state index contributed by atoms with van der Waals surface area (Å²) in [6, 6.07) is 5.36. The Hall–Kier alpha value is -3.23. The molecule has 0 aliphatic carbocycles. The highest BCUT2D eigenvalue weighted by atomic mass is 16.2. The number of pyridine rings is 1. The van der Waals surface area contributed by atoms with Crippen molar-refractivity contribution in [1.82, 2.24) is 25.0 Å². The first-order valence-corrected chi connectivity index (χ1v) is 9.80.